The van der Waals surface area contributed by atoms with Crippen LogP contribution in [0.15, 0.2) is 0 Å². The van der Waals surface area contributed by atoms with Gasteiger partial charge in [-0.2, -0.15) is 0 Å². The quantitative estimate of drug-likeness (QED) is 0.816. The van der Waals surface area contributed by atoms with Crippen LogP contribution in [-0.4, -0.2) is 34.6 Å². The average Bonchev–Trinajstić information content (AvgIpc) is 2.41. The summed E-state index contributed by atoms with van der Waals surface area (Å²) < 4.78 is 0. The fourth-order valence-electron chi connectivity index (χ4n) is 3.71. The highest BCUT2D eigenvalue weighted by Crippen LogP contribution is 2.30. The second kappa shape index (κ2) is 7.13. The number of carboxylic acids is 1. The Morgan fingerprint density at radius 2 is 1.33 bits per heavy atom. The maximum Gasteiger partial charge on any atom is 0.304 e. The normalized spacial score (nSPS) is 23.4. The summed E-state index contributed by atoms with van der Waals surface area (Å²) in [6, 6.07) is 1.34. The predicted octanol–water partition coefficient (Wildman–Crippen LogP) is 3.43. The first-order chi connectivity index (χ1) is 8.77. The van der Waals surface area contributed by atoms with Crippen molar-refractivity contribution in [3.63, 3.8) is 0 Å². The predicted molar refractivity (Wildman–Crippen MR) is 72.7 cm³/mol. The van der Waals surface area contributed by atoms with Gasteiger partial charge in [-0.15, -0.1) is 0 Å². The zero-order chi connectivity index (χ0) is 12.8. The van der Waals surface area contributed by atoms with E-state index < -0.39 is 5.97 Å². The van der Waals surface area contributed by atoms with Crippen molar-refractivity contribution < 1.29 is 9.90 Å². The summed E-state index contributed by atoms with van der Waals surface area (Å²) in [6.07, 6.45) is 13.5. The summed E-state index contributed by atoms with van der Waals surface area (Å²) in [5, 5.41) is 8.93. The molecule has 2 fully saturated rings. The Morgan fingerprint density at radius 3 is 1.72 bits per heavy atom. The van der Waals surface area contributed by atoms with Crippen molar-refractivity contribution in [3.8, 4) is 0 Å². The summed E-state index contributed by atoms with van der Waals surface area (Å²) in [4.78, 5) is 13.4. The minimum atomic E-state index is -0.647. The smallest absolute Gasteiger partial charge is 0.304 e. The summed E-state index contributed by atoms with van der Waals surface area (Å²) in [6.45, 7) is 0.769. The van der Waals surface area contributed by atoms with E-state index in [1.807, 2.05) is 0 Å². The lowest BCUT2D eigenvalue weighted by molar-refractivity contribution is -0.137. The van der Waals surface area contributed by atoms with Crippen LogP contribution in [0.25, 0.3) is 0 Å². The molecule has 3 heteroatoms. The van der Waals surface area contributed by atoms with Gasteiger partial charge in [-0.25, -0.2) is 0 Å². The Labute approximate surface area is 111 Å². The van der Waals surface area contributed by atoms with Crippen LogP contribution in [0.1, 0.15) is 70.6 Å². The molecule has 1 N–H and O–H groups in total. The monoisotopic (exact) mass is 253 g/mol. The Kier molecular flexibility index (Phi) is 5.48. The van der Waals surface area contributed by atoms with Crippen LogP contribution in [0, 0.1) is 0 Å². The molecule has 2 saturated carbocycles. The largest absolute Gasteiger partial charge is 0.481 e. The number of nitrogens with zero attached hydrogens (tertiary/aromatic N) is 1. The molecule has 0 spiro atoms. The van der Waals surface area contributed by atoms with Gasteiger partial charge < -0.3 is 5.11 Å². The van der Waals surface area contributed by atoms with Gasteiger partial charge in [-0.05, 0) is 25.7 Å². The van der Waals surface area contributed by atoms with E-state index in [1.54, 1.807) is 0 Å². The average molecular weight is 253 g/mol. The summed E-state index contributed by atoms with van der Waals surface area (Å²) >= 11 is 0. The Balaban J connectivity index is 1.93. The third-order valence-electron chi connectivity index (χ3n) is 4.67. The van der Waals surface area contributed by atoms with Crippen LogP contribution in [0.5, 0.6) is 0 Å². The summed E-state index contributed by atoms with van der Waals surface area (Å²) in [5.41, 5.74) is 0. The van der Waals surface area contributed by atoms with Crippen LogP contribution in [0.4, 0.5) is 0 Å². The van der Waals surface area contributed by atoms with Crippen LogP contribution >= 0.6 is 0 Å². The van der Waals surface area contributed by atoms with Gasteiger partial charge >= 0.3 is 5.97 Å². The van der Waals surface area contributed by atoms with Gasteiger partial charge in [0.2, 0.25) is 0 Å². The van der Waals surface area contributed by atoms with E-state index in [-0.39, 0.29) is 0 Å². The second-order valence-corrected chi connectivity index (χ2v) is 5.97. The molecule has 0 atom stereocenters. The van der Waals surface area contributed by atoms with Crippen molar-refractivity contribution in [1.82, 2.24) is 4.90 Å². The molecule has 2 aliphatic carbocycles. The van der Waals surface area contributed by atoms with Crippen molar-refractivity contribution in [3.05, 3.63) is 0 Å². The minimum absolute atomic E-state index is 0.312. The third kappa shape index (κ3) is 3.98. The molecule has 3 nitrogen and oxygen atoms in total. The number of hydrogen-bond donors (Lipinski definition) is 1. The lowest BCUT2D eigenvalue weighted by Crippen LogP contribution is -2.46. The Morgan fingerprint density at radius 1 is 0.889 bits per heavy atom. The van der Waals surface area contributed by atoms with Crippen LogP contribution in [-0.2, 0) is 4.79 Å². The highest BCUT2D eigenvalue weighted by Gasteiger charge is 2.28. The number of rotatable bonds is 5. The van der Waals surface area contributed by atoms with E-state index in [9.17, 15) is 4.79 Å². The molecule has 0 bridgehead atoms. The summed E-state index contributed by atoms with van der Waals surface area (Å²) in [7, 11) is 0. The zero-order valence-corrected chi connectivity index (χ0v) is 11.4. The van der Waals surface area contributed by atoms with Gasteiger partial charge in [0.05, 0.1) is 6.42 Å². The molecule has 0 amide bonds. The summed E-state index contributed by atoms with van der Waals surface area (Å²) in [5.74, 6) is -0.647. The molecular weight excluding hydrogens is 226 g/mol. The van der Waals surface area contributed by atoms with E-state index in [2.05, 4.69) is 4.90 Å². The fraction of sp³-hybridized carbons (Fsp3) is 0.933. The van der Waals surface area contributed by atoms with E-state index in [4.69, 9.17) is 5.11 Å². The van der Waals surface area contributed by atoms with Gasteiger partial charge in [-0.3, -0.25) is 9.69 Å². The first-order valence-electron chi connectivity index (χ1n) is 7.75. The van der Waals surface area contributed by atoms with Gasteiger partial charge in [-0.1, -0.05) is 38.5 Å². The number of carbonyl (C=O) groups is 1. The zero-order valence-electron chi connectivity index (χ0n) is 11.4. The molecular formula is C15H27NO2. The maximum atomic E-state index is 10.8. The number of carboxylic acid groups (broad SMARTS) is 1. The molecule has 0 saturated heterocycles. The van der Waals surface area contributed by atoms with E-state index in [0.717, 1.165) is 6.54 Å². The molecule has 2 aliphatic rings. The highest BCUT2D eigenvalue weighted by molar-refractivity contribution is 5.66. The first-order valence-corrected chi connectivity index (χ1v) is 7.75. The Bertz CT molecular complexity index is 237. The maximum absolute atomic E-state index is 10.8. The van der Waals surface area contributed by atoms with Gasteiger partial charge in [0.1, 0.15) is 0 Å². The second-order valence-electron chi connectivity index (χ2n) is 5.97. The van der Waals surface area contributed by atoms with Crippen LogP contribution in [0.3, 0.4) is 0 Å². The first kappa shape index (κ1) is 13.9. The molecule has 0 aromatic rings. The minimum Gasteiger partial charge on any atom is -0.481 e. The molecule has 0 aromatic carbocycles. The molecule has 0 aromatic heterocycles. The van der Waals surface area contributed by atoms with E-state index >= 15 is 0 Å². The Hall–Kier alpha value is -0.570. The van der Waals surface area contributed by atoms with Crippen LogP contribution < -0.4 is 0 Å². The molecule has 0 unspecified atom stereocenters. The van der Waals surface area contributed by atoms with Crippen LogP contribution in [0.2, 0.25) is 0 Å². The van der Waals surface area contributed by atoms with Crippen molar-refractivity contribution in [2.45, 2.75) is 82.7 Å². The van der Waals surface area contributed by atoms with Crippen molar-refractivity contribution in [2.24, 2.45) is 0 Å². The van der Waals surface area contributed by atoms with Crippen molar-refractivity contribution >= 4 is 5.97 Å². The van der Waals surface area contributed by atoms with E-state index in [1.165, 1.54) is 64.2 Å². The molecule has 0 heterocycles. The highest BCUT2D eigenvalue weighted by atomic mass is 16.4. The van der Waals surface area contributed by atoms with E-state index in [0.29, 0.717) is 18.5 Å². The molecule has 0 radical (unpaired) electrons. The lowest BCUT2D eigenvalue weighted by Gasteiger charge is -2.41. The van der Waals surface area contributed by atoms with Gasteiger partial charge in [0, 0.05) is 18.6 Å². The van der Waals surface area contributed by atoms with Gasteiger partial charge in [0.15, 0.2) is 0 Å². The third-order valence-corrected chi connectivity index (χ3v) is 4.67. The van der Waals surface area contributed by atoms with Crippen molar-refractivity contribution in [1.29, 1.82) is 0 Å². The van der Waals surface area contributed by atoms with Gasteiger partial charge in [0.25, 0.3) is 0 Å². The number of aliphatic carboxylic acids is 1. The van der Waals surface area contributed by atoms with Crippen molar-refractivity contribution in [2.75, 3.05) is 6.54 Å². The molecule has 2 rings (SSSR count). The fourth-order valence-corrected chi connectivity index (χ4v) is 3.71. The number of hydrogen-bond acceptors (Lipinski definition) is 2. The topological polar surface area (TPSA) is 40.5 Å². The molecule has 104 valence electrons. The standard InChI is InChI=1S/C15H27NO2/c17-15(18)11-12-16(13-7-3-1-4-8-13)14-9-5-2-6-10-14/h13-14H,1-12H2,(H,17,18). The SMILES string of the molecule is O=C(O)CCN(C1CCCCC1)C1CCCCC1. The molecule has 18 heavy (non-hydrogen) atoms. The lowest BCUT2D eigenvalue weighted by atomic mass is 9.88. The molecule has 0 aliphatic heterocycles.